The maximum absolute atomic E-state index is 5.91. The number of ether oxygens (including phenoxy) is 2. The van der Waals surface area contributed by atoms with Gasteiger partial charge in [-0.2, -0.15) is 0 Å². The van der Waals surface area contributed by atoms with Crippen LogP contribution < -0.4 is 0 Å². The van der Waals surface area contributed by atoms with Crippen LogP contribution in [-0.2, 0) is 9.47 Å². The molecule has 116 valence electrons. The molecule has 2 atom stereocenters. The van der Waals surface area contributed by atoms with E-state index in [1.807, 2.05) is 0 Å². The minimum atomic E-state index is 0.0509. The van der Waals surface area contributed by atoms with E-state index in [0.717, 1.165) is 32.3 Å². The first kappa shape index (κ1) is 17.5. The first-order valence-electron chi connectivity index (χ1n) is 8.43. The van der Waals surface area contributed by atoms with Crippen LogP contribution in [0.5, 0.6) is 0 Å². The van der Waals surface area contributed by atoms with Crippen molar-refractivity contribution in [1.82, 2.24) is 0 Å². The van der Waals surface area contributed by atoms with Crippen molar-refractivity contribution in [3.8, 4) is 0 Å². The molecule has 0 spiro atoms. The zero-order valence-corrected chi connectivity index (χ0v) is 13.4. The predicted molar refractivity (Wildman–Crippen MR) is 85.8 cm³/mol. The van der Waals surface area contributed by atoms with Gasteiger partial charge in [0.15, 0.2) is 6.29 Å². The molecule has 0 radical (unpaired) electrons. The fourth-order valence-corrected chi connectivity index (χ4v) is 2.45. The molecule has 0 amide bonds. The van der Waals surface area contributed by atoms with Crippen LogP contribution >= 0.6 is 0 Å². The summed E-state index contributed by atoms with van der Waals surface area (Å²) in [5.41, 5.74) is 0. The molecular formula is C18H32O2. The molecule has 1 saturated heterocycles. The average Bonchev–Trinajstić information content (AvgIpc) is 2.90. The normalized spacial score (nSPS) is 23.3. The molecular weight excluding hydrogens is 248 g/mol. The maximum atomic E-state index is 5.91. The van der Waals surface area contributed by atoms with Gasteiger partial charge < -0.3 is 9.47 Å². The van der Waals surface area contributed by atoms with Crippen LogP contribution in [0.15, 0.2) is 24.3 Å². The SMILES string of the molecule is CCC=CCC=CCCOC1CCC(CCCCC)O1. The van der Waals surface area contributed by atoms with Gasteiger partial charge in [-0.05, 0) is 32.1 Å². The van der Waals surface area contributed by atoms with Gasteiger partial charge in [-0.1, -0.05) is 57.4 Å². The molecule has 2 nitrogen and oxygen atoms in total. The number of unbranched alkanes of at least 4 members (excludes halogenated alkanes) is 2. The van der Waals surface area contributed by atoms with E-state index in [-0.39, 0.29) is 6.29 Å². The van der Waals surface area contributed by atoms with E-state index in [0.29, 0.717) is 6.10 Å². The smallest absolute Gasteiger partial charge is 0.158 e. The lowest BCUT2D eigenvalue weighted by molar-refractivity contribution is -0.133. The zero-order valence-electron chi connectivity index (χ0n) is 13.4. The van der Waals surface area contributed by atoms with E-state index >= 15 is 0 Å². The number of allylic oxidation sites excluding steroid dienone is 3. The predicted octanol–water partition coefficient (Wildman–Crippen LogP) is 5.39. The molecule has 0 saturated carbocycles. The van der Waals surface area contributed by atoms with Crippen molar-refractivity contribution in [1.29, 1.82) is 0 Å². The summed E-state index contributed by atoms with van der Waals surface area (Å²) in [4.78, 5) is 0. The summed E-state index contributed by atoms with van der Waals surface area (Å²) in [5, 5.41) is 0. The Balaban J connectivity index is 1.96. The summed E-state index contributed by atoms with van der Waals surface area (Å²) in [6.07, 6.45) is 19.8. The molecule has 20 heavy (non-hydrogen) atoms. The highest BCUT2D eigenvalue weighted by Crippen LogP contribution is 2.24. The lowest BCUT2D eigenvalue weighted by Gasteiger charge is -2.13. The fourth-order valence-electron chi connectivity index (χ4n) is 2.45. The summed E-state index contributed by atoms with van der Waals surface area (Å²) in [7, 11) is 0. The van der Waals surface area contributed by atoms with E-state index in [1.165, 1.54) is 32.1 Å². The molecule has 1 fully saturated rings. The van der Waals surface area contributed by atoms with Gasteiger partial charge in [0, 0.05) is 6.42 Å². The van der Waals surface area contributed by atoms with Gasteiger partial charge in [-0.15, -0.1) is 0 Å². The van der Waals surface area contributed by atoms with Crippen LogP contribution in [0.2, 0.25) is 0 Å². The number of hydrogen-bond donors (Lipinski definition) is 0. The largest absolute Gasteiger partial charge is 0.352 e. The van der Waals surface area contributed by atoms with E-state index in [2.05, 4.69) is 38.2 Å². The summed E-state index contributed by atoms with van der Waals surface area (Å²) in [6, 6.07) is 0. The van der Waals surface area contributed by atoms with Crippen LogP contribution in [0.4, 0.5) is 0 Å². The Hall–Kier alpha value is -0.600. The second-order valence-electron chi connectivity index (χ2n) is 5.51. The van der Waals surface area contributed by atoms with Crippen molar-refractivity contribution in [3.05, 3.63) is 24.3 Å². The van der Waals surface area contributed by atoms with E-state index in [4.69, 9.17) is 9.47 Å². The van der Waals surface area contributed by atoms with Gasteiger partial charge in [-0.3, -0.25) is 0 Å². The minimum Gasteiger partial charge on any atom is -0.352 e. The third-order valence-electron chi connectivity index (χ3n) is 3.63. The summed E-state index contributed by atoms with van der Waals surface area (Å²) < 4.78 is 11.7. The Morgan fingerprint density at radius 1 is 1.05 bits per heavy atom. The van der Waals surface area contributed by atoms with Crippen molar-refractivity contribution in [2.24, 2.45) is 0 Å². The van der Waals surface area contributed by atoms with E-state index in [9.17, 15) is 0 Å². The van der Waals surface area contributed by atoms with Crippen molar-refractivity contribution >= 4 is 0 Å². The quantitative estimate of drug-likeness (QED) is 0.373. The fraction of sp³-hybridized carbons (Fsp3) is 0.778. The van der Waals surface area contributed by atoms with Crippen LogP contribution in [0.1, 0.15) is 71.6 Å². The molecule has 0 bridgehead atoms. The standard InChI is InChI=1S/C18H32O2/c1-3-5-7-8-9-10-12-16-19-18-15-14-17(20-18)13-11-6-4-2/h5,7,9-10,17-18H,3-4,6,8,11-16H2,1-2H3. The number of hydrogen-bond acceptors (Lipinski definition) is 2. The first-order valence-corrected chi connectivity index (χ1v) is 8.43. The average molecular weight is 280 g/mol. The summed E-state index contributed by atoms with van der Waals surface area (Å²) in [5.74, 6) is 0. The summed E-state index contributed by atoms with van der Waals surface area (Å²) in [6.45, 7) is 5.18. The van der Waals surface area contributed by atoms with E-state index in [1.54, 1.807) is 0 Å². The molecule has 1 aliphatic heterocycles. The molecule has 0 aromatic rings. The van der Waals surface area contributed by atoms with Gasteiger partial charge in [0.25, 0.3) is 0 Å². The topological polar surface area (TPSA) is 18.5 Å². The molecule has 1 rings (SSSR count). The lowest BCUT2D eigenvalue weighted by Crippen LogP contribution is -2.14. The van der Waals surface area contributed by atoms with Crippen LogP contribution in [-0.4, -0.2) is 19.0 Å². The van der Waals surface area contributed by atoms with E-state index < -0.39 is 0 Å². The molecule has 2 heteroatoms. The first-order chi connectivity index (χ1) is 9.86. The van der Waals surface area contributed by atoms with Gasteiger partial charge >= 0.3 is 0 Å². The number of rotatable bonds is 11. The third kappa shape index (κ3) is 8.55. The lowest BCUT2D eigenvalue weighted by atomic mass is 10.1. The van der Waals surface area contributed by atoms with Gasteiger partial charge in [0.2, 0.25) is 0 Å². The summed E-state index contributed by atoms with van der Waals surface area (Å²) >= 11 is 0. The second kappa shape index (κ2) is 12.2. The highest BCUT2D eigenvalue weighted by molar-refractivity contribution is 4.92. The van der Waals surface area contributed by atoms with Crippen LogP contribution in [0.3, 0.4) is 0 Å². The Labute approximate surface area is 125 Å². The maximum Gasteiger partial charge on any atom is 0.158 e. The van der Waals surface area contributed by atoms with Crippen molar-refractivity contribution in [2.75, 3.05) is 6.61 Å². The van der Waals surface area contributed by atoms with Gasteiger partial charge in [0.1, 0.15) is 0 Å². The highest BCUT2D eigenvalue weighted by Gasteiger charge is 2.24. The van der Waals surface area contributed by atoms with Crippen LogP contribution in [0.25, 0.3) is 0 Å². The zero-order chi connectivity index (χ0) is 14.5. The molecule has 1 heterocycles. The minimum absolute atomic E-state index is 0.0509. The van der Waals surface area contributed by atoms with Crippen molar-refractivity contribution in [3.63, 3.8) is 0 Å². The van der Waals surface area contributed by atoms with Gasteiger partial charge in [0.05, 0.1) is 12.7 Å². The molecule has 2 unspecified atom stereocenters. The Morgan fingerprint density at radius 3 is 2.70 bits per heavy atom. The van der Waals surface area contributed by atoms with Gasteiger partial charge in [-0.25, -0.2) is 0 Å². The molecule has 0 aromatic heterocycles. The Kier molecular flexibility index (Phi) is 10.6. The van der Waals surface area contributed by atoms with Crippen molar-refractivity contribution < 1.29 is 9.47 Å². The van der Waals surface area contributed by atoms with Crippen molar-refractivity contribution in [2.45, 2.75) is 84.0 Å². The third-order valence-corrected chi connectivity index (χ3v) is 3.63. The molecule has 0 aromatic carbocycles. The Morgan fingerprint density at radius 2 is 1.90 bits per heavy atom. The molecule has 0 aliphatic carbocycles. The Bertz CT molecular complexity index is 271. The van der Waals surface area contributed by atoms with Crippen LogP contribution in [0, 0.1) is 0 Å². The molecule has 0 N–H and O–H groups in total. The second-order valence-corrected chi connectivity index (χ2v) is 5.51. The highest BCUT2D eigenvalue weighted by atomic mass is 16.7. The monoisotopic (exact) mass is 280 g/mol. The molecule has 1 aliphatic rings.